The van der Waals surface area contributed by atoms with Crippen molar-refractivity contribution in [2.24, 2.45) is 10.8 Å². The minimum absolute atomic E-state index is 0.123. The van der Waals surface area contributed by atoms with Gasteiger partial charge in [0.05, 0.1) is 22.6 Å². The molecule has 0 saturated carbocycles. The molecule has 0 amide bonds. The number of rotatable bonds is 3. The number of Topliss-reactive ketones (excluding diaryl/α,β-unsaturated/α-hetero) is 1. The number of hydrazone groups is 1. The van der Waals surface area contributed by atoms with Gasteiger partial charge in [0.1, 0.15) is 10.9 Å². The second kappa shape index (κ2) is 6.78. The molecule has 1 atom stereocenters. The van der Waals surface area contributed by atoms with Gasteiger partial charge in [0.25, 0.3) is 0 Å². The van der Waals surface area contributed by atoms with E-state index in [2.05, 4.69) is 11.2 Å². The van der Waals surface area contributed by atoms with Crippen molar-refractivity contribution < 1.29 is 4.79 Å². The standard InChI is InChI=1S/C21H16N4OS/c1-13-24-25-20(23)16(12-22)17(14-8-4-2-5-9-14)18(21(25)27-13)19(26)15-10-6-3-7-11-15/h2-11,17H,23H2,1H3. The highest BCUT2D eigenvalue weighted by atomic mass is 32.2. The zero-order chi connectivity index (χ0) is 19.0. The highest BCUT2D eigenvalue weighted by molar-refractivity contribution is 8.17. The molecule has 0 fully saturated rings. The molecule has 6 heteroatoms. The summed E-state index contributed by atoms with van der Waals surface area (Å²) in [6.45, 7) is 1.86. The molecule has 1 unspecified atom stereocenters. The Morgan fingerprint density at radius 3 is 2.41 bits per heavy atom. The van der Waals surface area contributed by atoms with E-state index in [1.807, 2.05) is 55.5 Å². The third kappa shape index (κ3) is 2.82. The SMILES string of the molecule is CC1=NN2C(N)=C(C#N)C(c3ccccc3)C(C(=O)c3ccccc3)=C2S1. The Hall–Kier alpha value is -3.30. The smallest absolute Gasteiger partial charge is 0.192 e. The van der Waals surface area contributed by atoms with Crippen molar-refractivity contribution >= 4 is 22.6 Å². The average molecular weight is 372 g/mol. The summed E-state index contributed by atoms with van der Waals surface area (Å²) in [5.41, 5.74) is 8.58. The number of hydrogen-bond acceptors (Lipinski definition) is 6. The lowest BCUT2D eigenvalue weighted by atomic mass is 9.80. The topological polar surface area (TPSA) is 82.5 Å². The van der Waals surface area contributed by atoms with Crippen LogP contribution in [0.15, 0.2) is 87.8 Å². The minimum Gasteiger partial charge on any atom is -0.383 e. The molecule has 4 rings (SSSR count). The predicted octanol–water partition coefficient (Wildman–Crippen LogP) is 3.95. The molecule has 2 aromatic carbocycles. The molecular weight excluding hydrogens is 356 g/mol. The number of thioether (sulfide) groups is 1. The molecule has 2 N–H and O–H groups in total. The quantitative estimate of drug-likeness (QED) is 0.825. The maximum Gasteiger partial charge on any atom is 0.192 e. The zero-order valence-electron chi connectivity index (χ0n) is 14.6. The molecular formula is C21H16N4OS. The highest BCUT2D eigenvalue weighted by Gasteiger charge is 2.41. The Kier molecular flexibility index (Phi) is 4.30. The van der Waals surface area contributed by atoms with E-state index in [4.69, 9.17) is 5.73 Å². The lowest BCUT2D eigenvalue weighted by Crippen LogP contribution is -2.31. The van der Waals surface area contributed by atoms with Crippen molar-refractivity contribution in [1.29, 1.82) is 5.26 Å². The van der Waals surface area contributed by atoms with Gasteiger partial charge in [-0.05, 0) is 12.5 Å². The number of nitrogens with two attached hydrogens (primary N) is 1. The average Bonchev–Trinajstić information content (AvgIpc) is 3.10. The summed E-state index contributed by atoms with van der Waals surface area (Å²) >= 11 is 1.41. The van der Waals surface area contributed by atoms with Crippen LogP contribution in [0, 0.1) is 11.3 Å². The number of fused-ring (bicyclic) bond motifs is 1. The Morgan fingerprint density at radius 2 is 1.78 bits per heavy atom. The van der Waals surface area contributed by atoms with Crippen LogP contribution in [-0.2, 0) is 0 Å². The van der Waals surface area contributed by atoms with Crippen LogP contribution < -0.4 is 5.73 Å². The number of benzene rings is 2. The van der Waals surface area contributed by atoms with Crippen molar-refractivity contribution in [3.63, 3.8) is 0 Å². The molecule has 0 aromatic heterocycles. The van der Waals surface area contributed by atoms with Gasteiger partial charge in [0.15, 0.2) is 5.78 Å². The molecule has 5 nitrogen and oxygen atoms in total. The van der Waals surface area contributed by atoms with Crippen LogP contribution in [0.2, 0.25) is 0 Å². The van der Waals surface area contributed by atoms with Crippen molar-refractivity contribution in [3.05, 3.63) is 93.8 Å². The van der Waals surface area contributed by atoms with Gasteiger partial charge in [-0.3, -0.25) is 4.79 Å². The zero-order valence-corrected chi connectivity index (χ0v) is 15.4. The molecule has 2 heterocycles. The first-order chi connectivity index (χ1) is 13.1. The van der Waals surface area contributed by atoms with E-state index < -0.39 is 5.92 Å². The molecule has 2 aliphatic heterocycles. The van der Waals surface area contributed by atoms with Crippen LogP contribution >= 0.6 is 11.8 Å². The Bertz CT molecular complexity index is 1050. The molecule has 2 aliphatic rings. The van der Waals surface area contributed by atoms with E-state index in [1.165, 1.54) is 16.8 Å². The van der Waals surface area contributed by atoms with Crippen molar-refractivity contribution in [2.75, 3.05) is 0 Å². The number of nitrogens with zero attached hydrogens (tertiary/aromatic N) is 3. The third-order valence-electron chi connectivity index (χ3n) is 4.52. The van der Waals surface area contributed by atoms with Gasteiger partial charge in [0, 0.05) is 11.1 Å². The van der Waals surface area contributed by atoms with Crippen molar-refractivity contribution in [1.82, 2.24) is 5.01 Å². The number of nitriles is 1. The summed E-state index contributed by atoms with van der Waals surface area (Å²) in [6, 6.07) is 20.8. The lowest BCUT2D eigenvalue weighted by Gasteiger charge is -2.31. The normalized spacial score (nSPS) is 18.9. The van der Waals surface area contributed by atoms with Gasteiger partial charge < -0.3 is 5.73 Å². The Balaban J connectivity index is 1.96. The second-order valence-electron chi connectivity index (χ2n) is 6.20. The van der Waals surface area contributed by atoms with Crippen LogP contribution in [-0.4, -0.2) is 15.8 Å². The van der Waals surface area contributed by atoms with Gasteiger partial charge in [-0.2, -0.15) is 10.4 Å². The highest BCUT2D eigenvalue weighted by Crippen LogP contribution is 2.47. The van der Waals surface area contributed by atoms with E-state index in [0.29, 0.717) is 21.7 Å². The lowest BCUT2D eigenvalue weighted by molar-refractivity contribution is 0.102. The first kappa shape index (κ1) is 17.1. The molecule has 0 radical (unpaired) electrons. The van der Waals surface area contributed by atoms with Gasteiger partial charge in [-0.1, -0.05) is 72.4 Å². The summed E-state index contributed by atoms with van der Waals surface area (Å²) in [5, 5.41) is 17.2. The number of carbonyl (C=O) groups excluding carboxylic acids is 1. The number of ketones is 1. The monoisotopic (exact) mass is 372 g/mol. The molecule has 132 valence electrons. The third-order valence-corrected chi connectivity index (χ3v) is 5.49. The number of allylic oxidation sites excluding steroid dienone is 2. The Labute approximate surface area is 161 Å². The Morgan fingerprint density at radius 1 is 1.15 bits per heavy atom. The van der Waals surface area contributed by atoms with Crippen LogP contribution in [0.4, 0.5) is 0 Å². The summed E-state index contributed by atoms with van der Waals surface area (Å²) in [4.78, 5) is 13.5. The molecule has 0 aliphatic carbocycles. The fraction of sp³-hybridized carbons (Fsp3) is 0.0952. The maximum absolute atomic E-state index is 13.5. The minimum atomic E-state index is -0.524. The van der Waals surface area contributed by atoms with E-state index in [0.717, 1.165) is 10.6 Å². The molecule has 27 heavy (non-hydrogen) atoms. The fourth-order valence-electron chi connectivity index (χ4n) is 3.33. The van der Waals surface area contributed by atoms with E-state index in [1.54, 1.807) is 12.1 Å². The van der Waals surface area contributed by atoms with Crippen LogP contribution in [0.5, 0.6) is 0 Å². The van der Waals surface area contributed by atoms with Crippen molar-refractivity contribution in [2.45, 2.75) is 12.8 Å². The molecule has 0 bridgehead atoms. The largest absolute Gasteiger partial charge is 0.383 e. The second-order valence-corrected chi connectivity index (χ2v) is 7.38. The van der Waals surface area contributed by atoms with Gasteiger partial charge in [-0.15, -0.1) is 0 Å². The number of hydrogen-bond donors (Lipinski definition) is 1. The van der Waals surface area contributed by atoms with Gasteiger partial charge in [-0.25, -0.2) is 5.01 Å². The van der Waals surface area contributed by atoms with Crippen molar-refractivity contribution in [3.8, 4) is 6.07 Å². The van der Waals surface area contributed by atoms with E-state index in [-0.39, 0.29) is 11.6 Å². The van der Waals surface area contributed by atoms with E-state index in [9.17, 15) is 10.1 Å². The first-order valence-corrected chi connectivity index (χ1v) is 9.25. The van der Waals surface area contributed by atoms with Crippen LogP contribution in [0.3, 0.4) is 0 Å². The summed E-state index contributed by atoms with van der Waals surface area (Å²) in [5.74, 6) is -0.374. The molecule has 2 aromatic rings. The van der Waals surface area contributed by atoms with E-state index >= 15 is 0 Å². The van der Waals surface area contributed by atoms with Crippen LogP contribution in [0.1, 0.15) is 28.8 Å². The maximum atomic E-state index is 13.5. The fourth-order valence-corrected chi connectivity index (χ4v) is 4.27. The van der Waals surface area contributed by atoms with Gasteiger partial charge >= 0.3 is 0 Å². The summed E-state index contributed by atoms with van der Waals surface area (Å²) in [7, 11) is 0. The van der Waals surface area contributed by atoms with Crippen LogP contribution in [0.25, 0.3) is 0 Å². The van der Waals surface area contributed by atoms with Gasteiger partial charge in [0.2, 0.25) is 0 Å². The first-order valence-electron chi connectivity index (χ1n) is 8.43. The predicted molar refractivity (Wildman–Crippen MR) is 106 cm³/mol. The summed E-state index contributed by atoms with van der Waals surface area (Å²) < 4.78 is 0. The molecule has 0 saturated heterocycles. The summed E-state index contributed by atoms with van der Waals surface area (Å²) in [6.07, 6.45) is 0. The molecule has 0 spiro atoms. The number of carbonyl (C=O) groups is 1.